The molecule has 0 radical (unpaired) electrons. The highest BCUT2D eigenvalue weighted by atomic mass is 16.6. The van der Waals surface area contributed by atoms with Crippen molar-refractivity contribution in [1.29, 1.82) is 0 Å². The Morgan fingerprint density at radius 3 is 1.32 bits per heavy atom. The molecule has 0 fully saturated rings. The highest BCUT2D eigenvalue weighted by Crippen LogP contribution is 2.26. The third-order valence-corrected chi connectivity index (χ3v) is 4.50. The summed E-state index contributed by atoms with van der Waals surface area (Å²) in [6.07, 6.45) is 5.32. The normalized spacial score (nSPS) is 17.3. The molecule has 31 heavy (non-hydrogen) atoms. The molecule has 2 aromatic rings. The lowest BCUT2D eigenvalue weighted by atomic mass is 10.1. The van der Waals surface area contributed by atoms with Crippen LogP contribution in [0.1, 0.15) is 31.8 Å². The highest BCUT2D eigenvalue weighted by Gasteiger charge is 2.07. The lowest BCUT2D eigenvalue weighted by molar-refractivity contribution is 0.00498. The van der Waals surface area contributed by atoms with Gasteiger partial charge in [-0.15, -0.1) is 0 Å². The molecule has 0 N–H and O–H groups in total. The van der Waals surface area contributed by atoms with Gasteiger partial charge in [0.05, 0.1) is 39.6 Å². The molecule has 0 saturated heterocycles. The van der Waals surface area contributed by atoms with Crippen molar-refractivity contribution in [2.45, 2.75) is 0 Å². The summed E-state index contributed by atoms with van der Waals surface area (Å²) in [5, 5.41) is 0. The Morgan fingerprint density at radius 1 is 0.548 bits per heavy atom. The van der Waals surface area contributed by atoms with Gasteiger partial charge < -0.3 is 23.7 Å². The molecule has 7 heteroatoms. The lowest BCUT2D eigenvalue weighted by Gasteiger charge is -2.11. The first-order chi connectivity index (χ1) is 15.3. The number of carbonyl (C=O) groups is 2. The summed E-state index contributed by atoms with van der Waals surface area (Å²) in [5.41, 5.74) is 2.67. The number of hydrogen-bond acceptors (Lipinski definition) is 7. The summed E-state index contributed by atoms with van der Waals surface area (Å²) in [6, 6.07) is 10.5. The van der Waals surface area contributed by atoms with E-state index >= 15 is 0 Å². The van der Waals surface area contributed by atoms with E-state index in [9.17, 15) is 9.59 Å². The van der Waals surface area contributed by atoms with Crippen LogP contribution in [0.15, 0.2) is 36.4 Å². The molecule has 0 bridgehead atoms. The molecule has 0 saturated carbocycles. The molecule has 1 aliphatic heterocycles. The van der Waals surface area contributed by atoms with Crippen LogP contribution in [0.3, 0.4) is 0 Å². The minimum atomic E-state index is 0.342. The van der Waals surface area contributed by atoms with Crippen LogP contribution in [0.5, 0.6) is 11.5 Å². The van der Waals surface area contributed by atoms with Gasteiger partial charge in [0, 0.05) is 22.3 Å². The van der Waals surface area contributed by atoms with Crippen LogP contribution in [-0.2, 0) is 14.2 Å². The van der Waals surface area contributed by atoms with Gasteiger partial charge >= 0.3 is 0 Å². The maximum absolute atomic E-state index is 11.2. The van der Waals surface area contributed by atoms with E-state index in [4.69, 9.17) is 23.7 Å². The minimum Gasteiger partial charge on any atom is -0.491 e. The van der Waals surface area contributed by atoms with E-state index in [2.05, 4.69) is 0 Å². The Labute approximate surface area is 181 Å². The van der Waals surface area contributed by atoms with Crippen LogP contribution in [-0.4, -0.2) is 65.4 Å². The van der Waals surface area contributed by atoms with Crippen molar-refractivity contribution in [3.8, 4) is 11.5 Å². The molecule has 3 rings (SSSR count). The molecule has 2 aromatic carbocycles. The predicted molar refractivity (Wildman–Crippen MR) is 116 cm³/mol. The molecule has 0 unspecified atom stereocenters. The van der Waals surface area contributed by atoms with Crippen molar-refractivity contribution in [3.05, 3.63) is 58.7 Å². The van der Waals surface area contributed by atoms with E-state index in [0.717, 1.165) is 23.7 Å². The second-order valence-electron chi connectivity index (χ2n) is 6.70. The van der Waals surface area contributed by atoms with Crippen molar-refractivity contribution in [2.75, 3.05) is 52.9 Å². The van der Waals surface area contributed by atoms with Gasteiger partial charge in [0.25, 0.3) is 0 Å². The summed E-state index contributed by atoms with van der Waals surface area (Å²) in [4.78, 5) is 22.3. The standard InChI is InChI=1S/C24H26O7/c25-17-19-1-3-21-5-6-22-4-2-20(18-26)16-24(22)31-14-12-29-10-8-27-7-9-28-11-13-30-23(21)15-19/h1-6,15-18H,7-14H2/b6-5+. The van der Waals surface area contributed by atoms with Crippen molar-refractivity contribution >= 4 is 24.7 Å². The Morgan fingerprint density at radius 2 is 0.935 bits per heavy atom. The van der Waals surface area contributed by atoms with Crippen LogP contribution < -0.4 is 9.47 Å². The third kappa shape index (κ3) is 7.32. The number of rotatable bonds is 2. The average molecular weight is 426 g/mol. The predicted octanol–water partition coefficient (Wildman–Crippen LogP) is 3.30. The Hall–Kier alpha value is -3.00. The van der Waals surface area contributed by atoms with Crippen LogP contribution in [0, 0.1) is 0 Å². The van der Waals surface area contributed by atoms with E-state index in [-0.39, 0.29) is 0 Å². The first-order valence-electron chi connectivity index (χ1n) is 10.2. The largest absolute Gasteiger partial charge is 0.491 e. The van der Waals surface area contributed by atoms with E-state index in [1.54, 1.807) is 24.3 Å². The molecule has 0 spiro atoms. The first-order valence-corrected chi connectivity index (χ1v) is 10.2. The SMILES string of the molecule is O=Cc1ccc2c(c1)OCCOCCOCCOCCOc1cc(C=O)ccc1/C=C/2. The fourth-order valence-corrected chi connectivity index (χ4v) is 2.92. The lowest BCUT2D eigenvalue weighted by Crippen LogP contribution is -2.14. The van der Waals surface area contributed by atoms with Gasteiger partial charge in [0.2, 0.25) is 0 Å². The monoisotopic (exact) mass is 426 g/mol. The van der Waals surface area contributed by atoms with Gasteiger partial charge in [0.1, 0.15) is 37.3 Å². The van der Waals surface area contributed by atoms with E-state index < -0.39 is 0 Å². The quantitative estimate of drug-likeness (QED) is 0.682. The molecule has 164 valence electrons. The zero-order valence-electron chi connectivity index (χ0n) is 17.3. The van der Waals surface area contributed by atoms with Gasteiger partial charge in [-0.1, -0.05) is 36.4 Å². The molecular formula is C24H26O7. The van der Waals surface area contributed by atoms with Gasteiger partial charge in [-0.3, -0.25) is 9.59 Å². The smallest absolute Gasteiger partial charge is 0.150 e. The first kappa shape index (κ1) is 22.7. The molecular weight excluding hydrogens is 400 g/mol. The fraction of sp³-hybridized carbons (Fsp3) is 0.333. The number of hydrogen-bond donors (Lipinski definition) is 0. The van der Waals surface area contributed by atoms with Crippen molar-refractivity contribution < 1.29 is 33.3 Å². The Balaban J connectivity index is 1.84. The minimum absolute atomic E-state index is 0.342. The van der Waals surface area contributed by atoms with Gasteiger partial charge in [-0.25, -0.2) is 0 Å². The molecule has 7 nitrogen and oxygen atoms in total. The maximum Gasteiger partial charge on any atom is 0.150 e. The molecule has 1 heterocycles. The number of ether oxygens (including phenoxy) is 5. The maximum atomic E-state index is 11.2. The number of fused-ring (bicyclic) bond motifs is 2. The molecule has 0 aromatic heterocycles. The molecule has 0 aliphatic carbocycles. The Bertz CT molecular complexity index is 820. The van der Waals surface area contributed by atoms with Gasteiger partial charge in [-0.2, -0.15) is 0 Å². The Kier molecular flexibility index (Phi) is 9.25. The zero-order valence-corrected chi connectivity index (χ0v) is 17.3. The topological polar surface area (TPSA) is 80.3 Å². The number of benzene rings is 2. The van der Waals surface area contributed by atoms with E-state index in [1.807, 2.05) is 24.3 Å². The number of carbonyl (C=O) groups excluding carboxylic acids is 2. The van der Waals surface area contributed by atoms with Crippen LogP contribution >= 0.6 is 0 Å². The molecule has 0 amide bonds. The van der Waals surface area contributed by atoms with E-state index in [0.29, 0.717) is 75.5 Å². The van der Waals surface area contributed by atoms with Crippen LogP contribution in [0.4, 0.5) is 0 Å². The zero-order chi connectivity index (χ0) is 21.7. The summed E-state index contributed by atoms with van der Waals surface area (Å²) < 4.78 is 28.2. The van der Waals surface area contributed by atoms with Crippen molar-refractivity contribution in [3.63, 3.8) is 0 Å². The summed E-state index contributed by atoms with van der Waals surface area (Å²) >= 11 is 0. The van der Waals surface area contributed by atoms with Crippen LogP contribution in [0.2, 0.25) is 0 Å². The summed E-state index contributed by atoms with van der Waals surface area (Å²) in [6.45, 7) is 3.35. The average Bonchev–Trinajstić information content (AvgIpc) is 2.80. The van der Waals surface area contributed by atoms with Crippen LogP contribution in [0.25, 0.3) is 12.2 Å². The van der Waals surface area contributed by atoms with Gasteiger partial charge in [0.15, 0.2) is 0 Å². The fourth-order valence-electron chi connectivity index (χ4n) is 2.92. The second-order valence-corrected chi connectivity index (χ2v) is 6.70. The van der Waals surface area contributed by atoms with Gasteiger partial charge in [-0.05, 0) is 12.1 Å². The van der Waals surface area contributed by atoms with Crippen molar-refractivity contribution in [2.24, 2.45) is 0 Å². The highest BCUT2D eigenvalue weighted by molar-refractivity contribution is 5.82. The van der Waals surface area contributed by atoms with Crippen molar-refractivity contribution in [1.82, 2.24) is 0 Å². The second kappa shape index (κ2) is 12.6. The molecule has 1 aliphatic rings. The number of aldehydes is 2. The third-order valence-electron chi connectivity index (χ3n) is 4.50. The summed E-state index contributed by atoms with van der Waals surface area (Å²) in [5.74, 6) is 1.16. The molecule has 0 atom stereocenters. The van der Waals surface area contributed by atoms with E-state index in [1.165, 1.54) is 0 Å². The summed E-state index contributed by atoms with van der Waals surface area (Å²) in [7, 11) is 0.